The van der Waals surface area contributed by atoms with E-state index in [0.29, 0.717) is 18.4 Å². The molecular weight excluding hydrogens is 274 g/mol. The number of benzene rings is 1. The molecule has 1 amide bonds. The van der Waals surface area contributed by atoms with Gasteiger partial charge in [0, 0.05) is 10.5 Å². The zero-order chi connectivity index (χ0) is 15.2. The number of carbonyl (C=O) groups is 1. The number of nitrogens with one attached hydrogen (secondary N) is 1. The molecule has 0 aliphatic rings. The average molecular weight is 295 g/mol. The molecule has 0 radical (unpaired) electrons. The molecule has 0 unspecified atom stereocenters. The molecule has 1 aromatic rings. The van der Waals surface area contributed by atoms with Crippen molar-refractivity contribution < 1.29 is 10.0 Å². The van der Waals surface area contributed by atoms with Gasteiger partial charge in [0.15, 0.2) is 5.84 Å². The molecule has 0 saturated carbocycles. The third kappa shape index (κ3) is 3.45. The highest BCUT2D eigenvalue weighted by atomic mass is 32.2. The minimum atomic E-state index is -0.815. The average Bonchev–Trinajstić information content (AvgIpc) is 2.51. The minimum Gasteiger partial charge on any atom is -0.409 e. The number of amides is 1. The molecule has 0 fully saturated rings. The highest BCUT2D eigenvalue weighted by Gasteiger charge is 2.33. The Morgan fingerprint density at radius 2 is 1.90 bits per heavy atom. The Bertz CT molecular complexity index is 482. The fraction of sp³-hybridized carbons (Fsp3) is 0.429. The summed E-state index contributed by atoms with van der Waals surface area (Å²) in [5.41, 5.74) is 5.47. The lowest BCUT2D eigenvalue weighted by molar-refractivity contribution is 0.0917. The number of nitrogens with two attached hydrogens (primary N) is 1. The van der Waals surface area contributed by atoms with Gasteiger partial charge in [-0.1, -0.05) is 19.0 Å². The summed E-state index contributed by atoms with van der Waals surface area (Å²) in [5, 5.41) is 14.8. The van der Waals surface area contributed by atoms with Gasteiger partial charge in [-0.25, -0.2) is 0 Å². The monoisotopic (exact) mass is 295 g/mol. The first-order valence-corrected chi connectivity index (χ1v) is 7.70. The number of rotatable bonds is 6. The van der Waals surface area contributed by atoms with Crippen LogP contribution in [0.3, 0.4) is 0 Å². The van der Waals surface area contributed by atoms with E-state index in [1.165, 1.54) is 0 Å². The molecular formula is C14H21N3O2S. The molecule has 1 rings (SSSR count). The number of thioether (sulfide) groups is 1. The summed E-state index contributed by atoms with van der Waals surface area (Å²) >= 11 is 1.62. The molecule has 110 valence electrons. The van der Waals surface area contributed by atoms with Crippen LogP contribution in [0.15, 0.2) is 34.3 Å². The molecule has 5 nitrogen and oxygen atoms in total. The molecule has 0 aliphatic heterocycles. The summed E-state index contributed by atoms with van der Waals surface area (Å²) < 4.78 is 0. The molecule has 0 spiro atoms. The zero-order valence-corrected chi connectivity index (χ0v) is 12.8. The van der Waals surface area contributed by atoms with Crippen LogP contribution in [0, 0.1) is 0 Å². The van der Waals surface area contributed by atoms with Crippen LogP contribution in [0.2, 0.25) is 0 Å². The second-order valence-electron chi connectivity index (χ2n) is 4.46. The SMILES string of the molecule is CCC(CC)(NC(=O)c1ccc(SC)cc1)C(N)=NO. The van der Waals surface area contributed by atoms with Crippen LogP contribution in [0.1, 0.15) is 37.0 Å². The van der Waals surface area contributed by atoms with E-state index >= 15 is 0 Å². The van der Waals surface area contributed by atoms with Gasteiger partial charge in [0.25, 0.3) is 5.91 Å². The van der Waals surface area contributed by atoms with E-state index in [2.05, 4.69) is 10.5 Å². The van der Waals surface area contributed by atoms with Crippen LogP contribution in [0.4, 0.5) is 0 Å². The third-order valence-electron chi connectivity index (χ3n) is 3.51. The molecule has 0 saturated heterocycles. The van der Waals surface area contributed by atoms with E-state index in [1.807, 2.05) is 32.2 Å². The van der Waals surface area contributed by atoms with Crippen molar-refractivity contribution in [3.63, 3.8) is 0 Å². The summed E-state index contributed by atoms with van der Waals surface area (Å²) in [6.07, 6.45) is 3.08. The van der Waals surface area contributed by atoms with E-state index in [0.717, 1.165) is 4.90 Å². The minimum absolute atomic E-state index is 0.0246. The number of amidine groups is 1. The Balaban J connectivity index is 2.96. The van der Waals surface area contributed by atoms with Gasteiger partial charge in [0.2, 0.25) is 0 Å². The highest BCUT2D eigenvalue weighted by molar-refractivity contribution is 7.98. The predicted molar refractivity (Wildman–Crippen MR) is 82.4 cm³/mol. The Morgan fingerprint density at radius 1 is 1.35 bits per heavy atom. The van der Waals surface area contributed by atoms with Crippen LogP contribution in [0.25, 0.3) is 0 Å². The lowest BCUT2D eigenvalue weighted by atomic mass is 9.91. The smallest absolute Gasteiger partial charge is 0.252 e. The zero-order valence-electron chi connectivity index (χ0n) is 12.0. The van der Waals surface area contributed by atoms with Gasteiger partial charge in [0.05, 0.1) is 0 Å². The number of carbonyl (C=O) groups excluding carboxylic acids is 1. The molecule has 4 N–H and O–H groups in total. The van der Waals surface area contributed by atoms with Crippen LogP contribution in [-0.4, -0.2) is 28.7 Å². The summed E-state index contributed by atoms with van der Waals surface area (Å²) in [6.45, 7) is 3.78. The van der Waals surface area contributed by atoms with Crippen molar-refractivity contribution >= 4 is 23.5 Å². The Morgan fingerprint density at radius 3 is 2.30 bits per heavy atom. The van der Waals surface area contributed by atoms with Crippen molar-refractivity contribution in [1.29, 1.82) is 0 Å². The molecule has 0 aliphatic carbocycles. The van der Waals surface area contributed by atoms with E-state index in [4.69, 9.17) is 10.9 Å². The fourth-order valence-corrected chi connectivity index (χ4v) is 2.39. The van der Waals surface area contributed by atoms with Crippen molar-refractivity contribution in [3.8, 4) is 0 Å². The number of oxime groups is 1. The number of hydrogen-bond acceptors (Lipinski definition) is 4. The third-order valence-corrected chi connectivity index (χ3v) is 4.25. The van der Waals surface area contributed by atoms with Gasteiger partial charge < -0.3 is 16.3 Å². The maximum absolute atomic E-state index is 12.3. The highest BCUT2D eigenvalue weighted by Crippen LogP contribution is 2.18. The maximum atomic E-state index is 12.3. The maximum Gasteiger partial charge on any atom is 0.252 e. The topological polar surface area (TPSA) is 87.7 Å². The molecule has 6 heteroatoms. The first-order valence-electron chi connectivity index (χ1n) is 6.47. The van der Waals surface area contributed by atoms with E-state index in [9.17, 15) is 4.79 Å². The Hall–Kier alpha value is -1.69. The van der Waals surface area contributed by atoms with Crippen LogP contribution in [-0.2, 0) is 0 Å². The fourth-order valence-electron chi connectivity index (χ4n) is 1.98. The first kappa shape index (κ1) is 16.4. The number of hydrogen-bond donors (Lipinski definition) is 3. The number of nitrogens with zero attached hydrogens (tertiary/aromatic N) is 1. The first-order chi connectivity index (χ1) is 9.52. The van der Waals surface area contributed by atoms with Gasteiger partial charge in [-0.2, -0.15) is 0 Å². The molecule has 0 atom stereocenters. The largest absolute Gasteiger partial charge is 0.409 e. The van der Waals surface area contributed by atoms with Gasteiger partial charge in [-0.05, 0) is 43.4 Å². The van der Waals surface area contributed by atoms with Crippen molar-refractivity contribution in [3.05, 3.63) is 29.8 Å². The second kappa shape index (κ2) is 7.19. The van der Waals surface area contributed by atoms with E-state index < -0.39 is 5.54 Å². The summed E-state index contributed by atoms with van der Waals surface area (Å²) in [5.74, 6) is -0.204. The lowest BCUT2D eigenvalue weighted by Gasteiger charge is -2.31. The second-order valence-corrected chi connectivity index (χ2v) is 5.34. The molecule has 20 heavy (non-hydrogen) atoms. The molecule has 0 bridgehead atoms. The van der Waals surface area contributed by atoms with E-state index in [1.54, 1.807) is 23.9 Å². The normalized spacial score (nSPS) is 12.2. The predicted octanol–water partition coefficient (Wildman–Crippen LogP) is 2.44. The van der Waals surface area contributed by atoms with E-state index in [-0.39, 0.29) is 11.7 Å². The summed E-state index contributed by atoms with van der Waals surface area (Å²) in [4.78, 5) is 13.4. The summed E-state index contributed by atoms with van der Waals surface area (Å²) in [7, 11) is 0. The van der Waals surface area contributed by atoms with Gasteiger partial charge in [0.1, 0.15) is 5.54 Å². The quantitative estimate of drug-likeness (QED) is 0.247. The van der Waals surface area contributed by atoms with Crippen LogP contribution in [0.5, 0.6) is 0 Å². The Kier molecular flexibility index (Phi) is 5.88. The molecule has 0 aromatic heterocycles. The van der Waals surface area contributed by atoms with Gasteiger partial charge >= 0.3 is 0 Å². The standard InChI is InChI=1S/C14H21N3O2S/c1-4-14(5-2,13(15)17-19)16-12(18)10-6-8-11(20-3)9-7-10/h6-9,19H,4-5H2,1-3H3,(H2,15,17)(H,16,18). The van der Waals surface area contributed by atoms with Gasteiger partial charge in [-0.3, -0.25) is 4.79 Å². The van der Waals surface area contributed by atoms with Crippen molar-refractivity contribution in [1.82, 2.24) is 5.32 Å². The van der Waals surface area contributed by atoms with Gasteiger partial charge in [-0.15, -0.1) is 11.8 Å². The molecule has 0 heterocycles. The lowest BCUT2D eigenvalue weighted by Crippen LogP contribution is -2.56. The van der Waals surface area contributed by atoms with Crippen molar-refractivity contribution in [2.24, 2.45) is 10.9 Å². The molecule has 1 aromatic carbocycles. The Labute approximate surface area is 123 Å². The van der Waals surface area contributed by atoms with Crippen LogP contribution >= 0.6 is 11.8 Å². The summed E-state index contributed by atoms with van der Waals surface area (Å²) in [6, 6.07) is 7.32. The van der Waals surface area contributed by atoms with Crippen LogP contribution < -0.4 is 11.1 Å². The van der Waals surface area contributed by atoms with Crippen molar-refractivity contribution in [2.75, 3.05) is 6.26 Å². The van der Waals surface area contributed by atoms with Crippen molar-refractivity contribution in [2.45, 2.75) is 37.1 Å².